The second-order valence-corrected chi connectivity index (χ2v) is 9.05. The zero-order valence-electron chi connectivity index (χ0n) is 16.6. The van der Waals surface area contributed by atoms with Crippen LogP contribution in [0.15, 0.2) is 35.5 Å². The van der Waals surface area contributed by atoms with Crippen LogP contribution in [0.3, 0.4) is 0 Å². The number of guanidine groups is 1. The fourth-order valence-corrected chi connectivity index (χ4v) is 4.64. The van der Waals surface area contributed by atoms with Gasteiger partial charge in [0.15, 0.2) is 5.96 Å². The Labute approximate surface area is 193 Å². The number of aromatic nitrogens is 1. The number of hydrogen-bond donors (Lipinski definition) is 2. The molecule has 0 unspecified atom stereocenters. The first-order valence-electron chi connectivity index (χ1n) is 9.59. The molecular formula is C20H30IN5S2. The van der Waals surface area contributed by atoms with Gasteiger partial charge < -0.3 is 15.5 Å². The summed E-state index contributed by atoms with van der Waals surface area (Å²) in [5.74, 6) is 3.32. The molecule has 2 aromatic rings. The van der Waals surface area contributed by atoms with E-state index in [1.165, 1.54) is 32.6 Å². The van der Waals surface area contributed by atoms with E-state index in [4.69, 9.17) is 4.99 Å². The van der Waals surface area contributed by atoms with Crippen LogP contribution in [0.5, 0.6) is 0 Å². The predicted molar refractivity (Wildman–Crippen MR) is 135 cm³/mol. The summed E-state index contributed by atoms with van der Waals surface area (Å²) in [4.78, 5) is 12.9. The van der Waals surface area contributed by atoms with Crippen molar-refractivity contribution in [3.8, 4) is 0 Å². The molecule has 2 N–H and O–H groups in total. The monoisotopic (exact) mass is 531 g/mol. The fraction of sp³-hybridized carbons (Fsp3) is 0.500. The quantitative estimate of drug-likeness (QED) is 0.322. The van der Waals surface area contributed by atoms with Crippen molar-refractivity contribution in [2.75, 3.05) is 42.6 Å². The van der Waals surface area contributed by atoms with Gasteiger partial charge in [-0.05, 0) is 31.5 Å². The molecule has 0 spiro atoms. The number of hydrogen-bond acceptors (Lipinski definition) is 5. The van der Waals surface area contributed by atoms with Crippen LogP contribution in [-0.2, 0) is 13.0 Å². The van der Waals surface area contributed by atoms with E-state index in [0.29, 0.717) is 6.54 Å². The lowest BCUT2D eigenvalue weighted by Gasteiger charge is -2.28. The Morgan fingerprint density at radius 2 is 1.93 bits per heavy atom. The van der Waals surface area contributed by atoms with Gasteiger partial charge in [0.1, 0.15) is 0 Å². The van der Waals surface area contributed by atoms with Gasteiger partial charge >= 0.3 is 0 Å². The largest absolute Gasteiger partial charge is 0.370 e. The number of anilines is 1. The Kier molecular flexibility index (Phi) is 10.4. The Bertz CT molecular complexity index is 726. The van der Waals surface area contributed by atoms with Gasteiger partial charge in [-0.2, -0.15) is 11.8 Å². The highest BCUT2D eigenvalue weighted by Gasteiger charge is 2.10. The minimum absolute atomic E-state index is 0. The molecule has 5 nitrogen and oxygen atoms in total. The summed E-state index contributed by atoms with van der Waals surface area (Å²) in [6.07, 6.45) is 2.86. The van der Waals surface area contributed by atoms with E-state index in [-0.39, 0.29) is 24.0 Å². The van der Waals surface area contributed by atoms with Crippen molar-refractivity contribution < 1.29 is 0 Å². The first-order valence-corrected chi connectivity index (χ1v) is 11.6. The molecule has 1 fully saturated rings. The molecule has 1 aromatic heterocycles. The van der Waals surface area contributed by atoms with Gasteiger partial charge in [-0.1, -0.05) is 12.1 Å². The van der Waals surface area contributed by atoms with Crippen molar-refractivity contribution >= 4 is 58.7 Å². The van der Waals surface area contributed by atoms with Crippen LogP contribution < -0.4 is 15.5 Å². The summed E-state index contributed by atoms with van der Waals surface area (Å²) < 4.78 is 0. The number of aryl methyl sites for hydroxylation is 1. The summed E-state index contributed by atoms with van der Waals surface area (Å²) in [5.41, 5.74) is 2.56. The summed E-state index contributed by atoms with van der Waals surface area (Å²) in [7, 11) is 0. The lowest BCUT2D eigenvalue weighted by Crippen LogP contribution is -2.38. The zero-order chi connectivity index (χ0) is 18.9. The maximum atomic E-state index is 4.72. The van der Waals surface area contributed by atoms with Gasteiger partial charge in [0.05, 0.1) is 11.6 Å². The molecule has 0 amide bonds. The normalized spacial score (nSPS) is 14.5. The van der Waals surface area contributed by atoms with Crippen molar-refractivity contribution in [3.05, 3.63) is 45.9 Å². The third-order valence-electron chi connectivity index (χ3n) is 4.38. The molecule has 8 heteroatoms. The van der Waals surface area contributed by atoms with E-state index in [9.17, 15) is 0 Å². The lowest BCUT2D eigenvalue weighted by molar-refractivity contribution is 0.796. The van der Waals surface area contributed by atoms with Crippen molar-refractivity contribution in [1.29, 1.82) is 0 Å². The summed E-state index contributed by atoms with van der Waals surface area (Å²) >= 11 is 3.80. The van der Waals surface area contributed by atoms with E-state index in [1.54, 1.807) is 11.3 Å². The van der Waals surface area contributed by atoms with Gasteiger partial charge in [-0.15, -0.1) is 35.3 Å². The molecule has 2 heterocycles. The first-order chi connectivity index (χ1) is 13.2. The minimum atomic E-state index is 0. The zero-order valence-corrected chi connectivity index (χ0v) is 20.6. The standard InChI is InChI=1S/C20H29N5S2.HI/c1-3-21-20(22-9-8-19-23-14-16(2)27-19)24-15-17-4-6-18(7-5-17)25-10-12-26-13-11-25;/h4-7,14H,3,8-13,15H2,1-2H3,(H2,21,22,24);1H. The van der Waals surface area contributed by atoms with Crippen LogP contribution in [0, 0.1) is 6.92 Å². The van der Waals surface area contributed by atoms with Gasteiger partial charge in [0, 0.05) is 60.9 Å². The third kappa shape index (κ3) is 7.44. The Morgan fingerprint density at radius 3 is 2.57 bits per heavy atom. The highest BCUT2D eigenvalue weighted by molar-refractivity contribution is 14.0. The van der Waals surface area contributed by atoms with Crippen molar-refractivity contribution in [2.24, 2.45) is 4.99 Å². The van der Waals surface area contributed by atoms with E-state index >= 15 is 0 Å². The molecule has 28 heavy (non-hydrogen) atoms. The average molecular weight is 532 g/mol. The van der Waals surface area contributed by atoms with Crippen LogP contribution >= 0.6 is 47.1 Å². The first kappa shape index (κ1) is 23.3. The van der Waals surface area contributed by atoms with Crippen molar-refractivity contribution in [1.82, 2.24) is 15.6 Å². The highest BCUT2D eigenvalue weighted by Crippen LogP contribution is 2.20. The number of nitrogens with one attached hydrogen (secondary N) is 2. The summed E-state index contributed by atoms with van der Waals surface area (Å²) in [5, 5.41) is 7.89. The average Bonchev–Trinajstić information content (AvgIpc) is 3.12. The third-order valence-corrected chi connectivity index (χ3v) is 6.29. The van der Waals surface area contributed by atoms with E-state index in [1.807, 2.05) is 18.0 Å². The molecule has 0 saturated carbocycles. The van der Waals surface area contributed by atoms with Gasteiger partial charge in [0.25, 0.3) is 0 Å². The van der Waals surface area contributed by atoms with Gasteiger partial charge in [0.2, 0.25) is 0 Å². The molecule has 0 aliphatic carbocycles. The number of halogens is 1. The van der Waals surface area contributed by atoms with Crippen molar-refractivity contribution in [2.45, 2.75) is 26.8 Å². The molecule has 0 radical (unpaired) electrons. The summed E-state index contributed by atoms with van der Waals surface area (Å²) in [6, 6.07) is 8.85. The second kappa shape index (κ2) is 12.5. The summed E-state index contributed by atoms with van der Waals surface area (Å²) in [6.45, 7) is 8.86. The molecule has 1 aliphatic heterocycles. The molecule has 0 atom stereocenters. The van der Waals surface area contributed by atoms with Gasteiger partial charge in [-0.3, -0.25) is 0 Å². The smallest absolute Gasteiger partial charge is 0.191 e. The Balaban J connectivity index is 0.00000280. The molecule has 154 valence electrons. The Morgan fingerprint density at radius 1 is 1.18 bits per heavy atom. The lowest BCUT2D eigenvalue weighted by atomic mass is 10.2. The number of nitrogens with zero attached hydrogens (tertiary/aromatic N) is 3. The molecule has 1 aromatic carbocycles. The minimum Gasteiger partial charge on any atom is -0.370 e. The Hall–Kier alpha value is -1.00. The number of thiazole rings is 1. The topological polar surface area (TPSA) is 52.6 Å². The predicted octanol–water partition coefficient (Wildman–Crippen LogP) is 3.92. The number of aliphatic imine (C=N–C) groups is 1. The molecule has 0 bridgehead atoms. The molecule has 1 saturated heterocycles. The molecule has 1 aliphatic rings. The van der Waals surface area contributed by atoms with Crippen LogP contribution in [0.4, 0.5) is 5.69 Å². The molecule has 3 rings (SSSR count). The van der Waals surface area contributed by atoms with E-state index < -0.39 is 0 Å². The fourth-order valence-electron chi connectivity index (χ4n) is 2.95. The van der Waals surface area contributed by atoms with Crippen molar-refractivity contribution in [3.63, 3.8) is 0 Å². The van der Waals surface area contributed by atoms with Crippen LogP contribution in [0.1, 0.15) is 22.4 Å². The van der Waals surface area contributed by atoms with Crippen LogP contribution in [0.2, 0.25) is 0 Å². The second-order valence-electron chi connectivity index (χ2n) is 6.50. The maximum Gasteiger partial charge on any atom is 0.191 e. The van der Waals surface area contributed by atoms with E-state index in [2.05, 4.69) is 58.6 Å². The number of rotatable bonds is 7. The van der Waals surface area contributed by atoms with Crippen LogP contribution in [0.25, 0.3) is 0 Å². The highest BCUT2D eigenvalue weighted by atomic mass is 127. The number of benzene rings is 1. The maximum absolute atomic E-state index is 4.72. The molecular weight excluding hydrogens is 501 g/mol. The van der Waals surface area contributed by atoms with Gasteiger partial charge in [-0.25, -0.2) is 9.98 Å². The van der Waals surface area contributed by atoms with E-state index in [0.717, 1.165) is 38.6 Å². The van der Waals surface area contributed by atoms with Crippen LogP contribution in [-0.4, -0.2) is 48.6 Å². The number of thioether (sulfide) groups is 1. The SMILES string of the molecule is CCNC(=NCc1ccc(N2CCSCC2)cc1)NCCc1ncc(C)s1.I.